The first-order chi connectivity index (χ1) is 9.83. The molecule has 0 aliphatic heterocycles. The van der Waals surface area contributed by atoms with Crippen LogP contribution in [-0.2, 0) is 6.61 Å². The van der Waals surface area contributed by atoms with Crippen molar-refractivity contribution in [3.63, 3.8) is 0 Å². The van der Waals surface area contributed by atoms with E-state index in [0.29, 0.717) is 17.5 Å². The van der Waals surface area contributed by atoms with Crippen LogP contribution in [0.2, 0.25) is 5.02 Å². The van der Waals surface area contributed by atoms with Crippen molar-refractivity contribution in [1.29, 1.82) is 0 Å². The number of rotatable bonds is 4. The average Bonchev–Trinajstić information content (AvgIpc) is 3.01. The summed E-state index contributed by atoms with van der Waals surface area (Å²) >= 11 is 6.08. The van der Waals surface area contributed by atoms with Crippen LogP contribution < -0.4 is 4.74 Å². The van der Waals surface area contributed by atoms with Crippen molar-refractivity contribution in [2.24, 2.45) is 0 Å². The Bertz CT molecular complexity index is 681. The third-order valence-electron chi connectivity index (χ3n) is 2.81. The standard InChI is InChI=1S/C15H11ClN2O2/c16-14-4-2-1-3-12(14)9-19-13-7-5-11(6-8-13)15-18-17-10-20-15/h1-8,10H,9H2. The predicted molar refractivity (Wildman–Crippen MR) is 75.5 cm³/mol. The van der Waals surface area contributed by atoms with Gasteiger partial charge in [-0.2, -0.15) is 0 Å². The molecule has 0 atom stereocenters. The van der Waals surface area contributed by atoms with Gasteiger partial charge < -0.3 is 9.15 Å². The lowest BCUT2D eigenvalue weighted by atomic mass is 10.2. The van der Waals surface area contributed by atoms with Crippen LogP contribution in [0.3, 0.4) is 0 Å². The zero-order valence-electron chi connectivity index (χ0n) is 10.5. The van der Waals surface area contributed by atoms with E-state index in [1.165, 1.54) is 6.39 Å². The number of hydrogen-bond donors (Lipinski definition) is 0. The van der Waals surface area contributed by atoms with Crippen LogP contribution in [-0.4, -0.2) is 10.2 Å². The maximum atomic E-state index is 6.08. The Balaban J connectivity index is 1.68. The minimum absolute atomic E-state index is 0.430. The van der Waals surface area contributed by atoms with E-state index in [9.17, 15) is 0 Å². The van der Waals surface area contributed by atoms with Crippen molar-refractivity contribution in [3.8, 4) is 17.2 Å². The molecular formula is C15H11ClN2O2. The summed E-state index contributed by atoms with van der Waals surface area (Å²) in [5.74, 6) is 1.25. The molecule has 3 rings (SSSR count). The van der Waals surface area contributed by atoms with Gasteiger partial charge in [0.25, 0.3) is 0 Å². The van der Waals surface area contributed by atoms with Crippen molar-refractivity contribution in [3.05, 3.63) is 65.5 Å². The second kappa shape index (κ2) is 5.75. The van der Waals surface area contributed by atoms with Crippen molar-refractivity contribution >= 4 is 11.6 Å². The summed E-state index contributed by atoms with van der Waals surface area (Å²) in [5, 5.41) is 8.19. The van der Waals surface area contributed by atoms with Gasteiger partial charge in [0.15, 0.2) is 0 Å². The summed E-state index contributed by atoms with van der Waals surface area (Å²) in [6.07, 6.45) is 1.30. The molecular weight excluding hydrogens is 276 g/mol. The highest BCUT2D eigenvalue weighted by Crippen LogP contribution is 2.22. The van der Waals surface area contributed by atoms with Gasteiger partial charge in [-0.25, -0.2) is 0 Å². The van der Waals surface area contributed by atoms with Gasteiger partial charge >= 0.3 is 0 Å². The normalized spacial score (nSPS) is 10.4. The molecule has 1 aromatic heterocycles. The maximum Gasteiger partial charge on any atom is 0.247 e. The average molecular weight is 287 g/mol. The molecule has 0 amide bonds. The first-order valence-electron chi connectivity index (χ1n) is 6.06. The lowest BCUT2D eigenvalue weighted by Gasteiger charge is -2.07. The predicted octanol–water partition coefficient (Wildman–Crippen LogP) is 3.97. The quantitative estimate of drug-likeness (QED) is 0.728. The number of benzene rings is 2. The Kier molecular flexibility index (Phi) is 3.65. The lowest BCUT2D eigenvalue weighted by molar-refractivity contribution is 0.306. The van der Waals surface area contributed by atoms with E-state index in [-0.39, 0.29) is 0 Å². The van der Waals surface area contributed by atoms with Crippen LogP contribution in [0.15, 0.2) is 59.3 Å². The van der Waals surface area contributed by atoms with E-state index < -0.39 is 0 Å². The number of halogens is 1. The molecule has 0 spiro atoms. The van der Waals surface area contributed by atoms with E-state index >= 15 is 0 Å². The largest absolute Gasteiger partial charge is 0.489 e. The van der Waals surface area contributed by atoms with Gasteiger partial charge in [-0.05, 0) is 30.3 Å². The minimum atomic E-state index is 0.430. The fourth-order valence-electron chi connectivity index (χ4n) is 1.77. The van der Waals surface area contributed by atoms with E-state index in [0.717, 1.165) is 16.9 Å². The van der Waals surface area contributed by atoms with E-state index in [2.05, 4.69) is 10.2 Å². The monoisotopic (exact) mass is 286 g/mol. The van der Waals surface area contributed by atoms with Crippen molar-refractivity contribution < 1.29 is 9.15 Å². The van der Waals surface area contributed by atoms with Gasteiger partial charge in [0.1, 0.15) is 12.4 Å². The third-order valence-corrected chi connectivity index (χ3v) is 3.18. The fraction of sp³-hybridized carbons (Fsp3) is 0.0667. The zero-order valence-corrected chi connectivity index (χ0v) is 11.2. The Hall–Kier alpha value is -2.33. The summed E-state index contributed by atoms with van der Waals surface area (Å²) in [6.45, 7) is 0.430. The van der Waals surface area contributed by atoms with Gasteiger partial charge in [0.2, 0.25) is 12.3 Å². The van der Waals surface area contributed by atoms with E-state index in [1.807, 2.05) is 48.5 Å². The smallest absolute Gasteiger partial charge is 0.247 e. The van der Waals surface area contributed by atoms with Gasteiger partial charge in [0.05, 0.1) is 0 Å². The molecule has 100 valence electrons. The first kappa shape index (κ1) is 12.7. The van der Waals surface area contributed by atoms with Crippen LogP contribution >= 0.6 is 11.6 Å². The minimum Gasteiger partial charge on any atom is -0.489 e. The van der Waals surface area contributed by atoms with Crippen LogP contribution in [0.1, 0.15) is 5.56 Å². The second-order valence-corrected chi connectivity index (χ2v) is 4.56. The van der Waals surface area contributed by atoms with Crippen LogP contribution in [0, 0.1) is 0 Å². The Morgan fingerprint density at radius 3 is 2.55 bits per heavy atom. The molecule has 3 aromatic rings. The summed E-state index contributed by atoms with van der Waals surface area (Å²) in [6, 6.07) is 15.1. The Morgan fingerprint density at radius 2 is 1.85 bits per heavy atom. The molecule has 0 saturated carbocycles. The Labute approximate surface area is 121 Å². The summed E-state index contributed by atoms with van der Waals surface area (Å²) in [7, 11) is 0. The van der Waals surface area contributed by atoms with Crippen molar-refractivity contribution in [2.45, 2.75) is 6.61 Å². The van der Waals surface area contributed by atoms with Gasteiger partial charge in [-0.15, -0.1) is 10.2 Å². The number of aromatic nitrogens is 2. The highest BCUT2D eigenvalue weighted by Gasteiger charge is 2.04. The molecule has 0 fully saturated rings. The molecule has 0 saturated heterocycles. The summed E-state index contributed by atoms with van der Waals surface area (Å²) in [4.78, 5) is 0. The molecule has 4 nitrogen and oxygen atoms in total. The van der Waals surface area contributed by atoms with Crippen molar-refractivity contribution in [2.75, 3.05) is 0 Å². The first-order valence-corrected chi connectivity index (χ1v) is 6.43. The van der Waals surface area contributed by atoms with E-state index in [4.69, 9.17) is 20.8 Å². The fourth-order valence-corrected chi connectivity index (χ4v) is 1.96. The molecule has 0 unspecified atom stereocenters. The maximum absolute atomic E-state index is 6.08. The molecule has 0 aliphatic carbocycles. The summed E-state index contributed by atoms with van der Waals surface area (Å²) in [5.41, 5.74) is 1.81. The van der Waals surface area contributed by atoms with Gasteiger partial charge in [0, 0.05) is 16.1 Å². The SMILES string of the molecule is Clc1ccccc1COc1ccc(-c2nnco2)cc1. The molecule has 5 heteroatoms. The molecule has 0 N–H and O–H groups in total. The van der Waals surface area contributed by atoms with Gasteiger partial charge in [-0.3, -0.25) is 0 Å². The molecule has 0 bridgehead atoms. The molecule has 2 aromatic carbocycles. The molecule has 1 heterocycles. The van der Waals surface area contributed by atoms with Crippen LogP contribution in [0.4, 0.5) is 0 Å². The lowest BCUT2D eigenvalue weighted by Crippen LogP contribution is -1.95. The highest BCUT2D eigenvalue weighted by molar-refractivity contribution is 6.31. The zero-order chi connectivity index (χ0) is 13.8. The highest BCUT2D eigenvalue weighted by atomic mass is 35.5. The topological polar surface area (TPSA) is 48.2 Å². The molecule has 0 aliphatic rings. The number of ether oxygens (including phenoxy) is 1. The Morgan fingerprint density at radius 1 is 1.05 bits per heavy atom. The van der Waals surface area contributed by atoms with Gasteiger partial charge in [-0.1, -0.05) is 29.8 Å². The van der Waals surface area contributed by atoms with Crippen molar-refractivity contribution in [1.82, 2.24) is 10.2 Å². The summed E-state index contributed by atoms with van der Waals surface area (Å²) < 4.78 is 10.8. The van der Waals surface area contributed by atoms with Crippen LogP contribution in [0.25, 0.3) is 11.5 Å². The number of hydrogen-bond acceptors (Lipinski definition) is 4. The van der Waals surface area contributed by atoms with Crippen LogP contribution in [0.5, 0.6) is 5.75 Å². The second-order valence-electron chi connectivity index (χ2n) is 4.15. The molecule has 0 radical (unpaired) electrons. The van der Waals surface area contributed by atoms with E-state index in [1.54, 1.807) is 0 Å². The number of nitrogens with zero attached hydrogens (tertiary/aromatic N) is 2. The third kappa shape index (κ3) is 2.81. The molecule has 20 heavy (non-hydrogen) atoms.